The standard InChI is InChI=1S/C9H11BrN4O/c1-15-5-4-11-8-2-3-9-12-6-7(10)14(9)13-8/h2-3,6H,4-5H2,1H3,(H,11,13). The van der Waals surface area contributed by atoms with Crippen LogP contribution in [-0.4, -0.2) is 34.9 Å². The second-order valence-corrected chi connectivity index (χ2v) is 3.80. The van der Waals surface area contributed by atoms with E-state index in [9.17, 15) is 0 Å². The first kappa shape index (κ1) is 10.4. The van der Waals surface area contributed by atoms with E-state index >= 15 is 0 Å². The van der Waals surface area contributed by atoms with Gasteiger partial charge in [-0.3, -0.25) is 0 Å². The molecule has 1 N–H and O–H groups in total. The fourth-order valence-electron chi connectivity index (χ4n) is 1.22. The monoisotopic (exact) mass is 270 g/mol. The second kappa shape index (κ2) is 4.59. The molecule has 0 saturated carbocycles. The van der Waals surface area contributed by atoms with Crippen molar-refractivity contribution in [3.63, 3.8) is 0 Å². The van der Waals surface area contributed by atoms with E-state index in [2.05, 4.69) is 31.3 Å². The molecule has 0 bridgehead atoms. The molecular formula is C9H11BrN4O. The summed E-state index contributed by atoms with van der Waals surface area (Å²) in [5.41, 5.74) is 0.819. The molecule has 0 spiro atoms. The van der Waals surface area contributed by atoms with Crippen molar-refractivity contribution in [3.05, 3.63) is 22.9 Å². The molecule has 0 aliphatic carbocycles. The van der Waals surface area contributed by atoms with E-state index in [0.29, 0.717) is 6.61 Å². The number of hydrogen-bond donors (Lipinski definition) is 1. The highest BCUT2D eigenvalue weighted by Crippen LogP contribution is 2.13. The number of hydrogen-bond acceptors (Lipinski definition) is 4. The molecule has 0 atom stereocenters. The highest BCUT2D eigenvalue weighted by atomic mass is 79.9. The Morgan fingerprint density at radius 3 is 3.20 bits per heavy atom. The lowest BCUT2D eigenvalue weighted by molar-refractivity contribution is 0.210. The fraction of sp³-hybridized carbons (Fsp3) is 0.333. The molecule has 0 aliphatic rings. The van der Waals surface area contributed by atoms with Gasteiger partial charge in [-0.1, -0.05) is 0 Å². The van der Waals surface area contributed by atoms with Gasteiger partial charge < -0.3 is 10.1 Å². The van der Waals surface area contributed by atoms with E-state index in [1.54, 1.807) is 17.8 Å². The van der Waals surface area contributed by atoms with Crippen LogP contribution in [0.25, 0.3) is 5.65 Å². The third-order valence-corrected chi connectivity index (χ3v) is 2.47. The van der Waals surface area contributed by atoms with Crippen molar-refractivity contribution < 1.29 is 4.74 Å². The Morgan fingerprint density at radius 1 is 1.53 bits per heavy atom. The second-order valence-electron chi connectivity index (χ2n) is 2.99. The van der Waals surface area contributed by atoms with Gasteiger partial charge in [-0.25, -0.2) is 9.50 Å². The summed E-state index contributed by atoms with van der Waals surface area (Å²) < 4.78 is 7.51. The highest BCUT2D eigenvalue weighted by molar-refractivity contribution is 9.10. The third kappa shape index (κ3) is 2.27. The molecule has 0 unspecified atom stereocenters. The minimum absolute atomic E-state index is 0.658. The third-order valence-electron chi connectivity index (χ3n) is 1.93. The minimum Gasteiger partial charge on any atom is -0.383 e. The molecule has 0 amide bonds. The van der Waals surface area contributed by atoms with Gasteiger partial charge in [-0.05, 0) is 28.1 Å². The summed E-state index contributed by atoms with van der Waals surface area (Å²) >= 11 is 3.37. The summed E-state index contributed by atoms with van der Waals surface area (Å²) in [4.78, 5) is 4.16. The molecular weight excluding hydrogens is 260 g/mol. The summed E-state index contributed by atoms with van der Waals surface area (Å²) in [6.45, 7) is 1.39. The van der Waals surface area contributed by atoms with Crippen LogP contribution in [0, 0.1) is 0 Å². The SMILES string of the molecule is COCCNc1ccc2ncc(Br)n2n1. The van der Waals surface area contributed by atoms with Crippen LogP contribution in [0.1, 0.15) is 0 Å². The van der Waals surface area contributed by atoms with Crippen LogP contribution in [0.3, 0.4) is 0 Å². The maximum atomic E-state index is 4.94. The summed E-state index contributed by atoms with van der Waals surface area (Å²) in [5, 5.41) is 7.50. The predicted molar refractivity (Wildman–Crippen MR) is 61.1 cm³/mol. The largest absolute Gasteiger partial charge is 0.383 e. The molecule has 0 radical (unpaired) electrons. The Morgan fingerprint density at radius 2 is 2.40 bits per heavy atom. The van der Waals surface area contributed by atoms with Gasteiger partial charge >= 0.3 is 0 Å². The zero-order valence-corrected chi connectivity index (χ0v) is 9.86. The minimum atomic E-state index is 0.658. The molecule has 2 aromatic rings. The van der Waals surface area contributed by atoms with Gasteiger partial charge in [0.25, 0.3) is 0 Å². The van der Waals surface area contributed by atoms with Gasteiger partial charge in [-0.2, -0.15) is 0 Å². The number of imidazole rings is 1. The van der Waals surface area contributed by atoms with Crippen LogP contribution in [-0.2, 0) is 4.74 Å². The van der Waals surface area contributed by atoms with E-state index in [1.807, 2.05) is 12.1 Å². The molecule has 80 valence electrons. The first-order valence-electron chi connectivity index (χ1n) is 4.54. The fourth-order valence-corrected chi connectivity index (χ4v) is 1.58. The Balaban J connectivity index is 2.18. The summed E-state index contributed by atoms with van der Waals surface area (Å²) in [7, 11) is 1.67. The maximum absolute atomic E-state index is 4.94. The quantitative estimate of drug-likeness (QED) is 0.857. The van der Waals surface area contributed by atoms with Crippen LogP contribution in [0.15, 0.2) is 22.9 Å². The van der Waals surface area contributed by atoms with Crippen molar-refractivity contribution in [2.45, 2.75) is 0 Å². The van der Waals surface area contributed by atoms with Crippen molar-refractivity contribution in [1.82, 2.24) is 14.6 Å². The number of ether oxygens (including phenoxy) is 1. The lowest BCUT2D eigenvalue weighted by Crippen LogP contribution is -2.10. The molecule has 2 heterocycles. The average Bonchev–Trinajstić information content (AvgIpc) is 2.61. The Labute approximate surface area is 95.6 Å². The van der Waals surface area contributed by atoms with E-state index in [-0.39, 0.29) is 0 Å². The molecule has 0 fully saturated rings. The van der Waals surface area contributed by atoms with Crippen LogP contribution in [0.2, 0.25) is 0 Å². The number of methoxy groups -OCH3 is 1. The normalized spacial score (nSPS) is 10.8. The lowest BCUT2D eigenvalue weighted by Gasteiger charge is -2.04. The Hall–Kier alpha value is -1.14. The van der Waals surface area contributed by atoms with Crippen molar-refractivity contribution in [1.29, 1.82) is 0 Å². The number of fused-ring (bicyclic) bond motifs is 1. The van der Waals surface area contributed by atoms with Crippen molar-refractivity contribution >= 4 is 27.4 Å². The van der Waals surface area contributed by atoms with Crippen LogP contribution in [0.5, 0.6) is 0 Å². The lowest BCUT2D eigenvalue weighted by atomic mass is 10.5. The summed E-state index contributed by atoms with van der Waals surface area (Å²) in [6, 6.07) is 3.80. The molecule has 15 heavy (non-hydrogen) atoms. The van der Waals surface area contributed by atoms with E-state index in [1.165, 1.54) is 0 Å². The Bertz CT molecular complexity index is 456. The molecule has 2 rings (SSSR count). The molecule has 6 heteroatoms. The van der Waals surface area contributed by atoms with Gasteiger partial charge in [0.15, 0.2) is 5.65 Å². The van der Waals surface area contributed by atoms with Crippen molar-refractivity contribution in [2.75, 3.05) is 25.6 Å². The number of nitrogens with zero attached hydrogens (tertiary/aromatic N) is 3. The molecule has 5 nitrogen and oxygen atoms in total. The number of aromatic nitrogens is 3. The number of halogens is 1. The first-order valence-corrected chi connectivity index (χ1v) is 5.33. The smallest absolute Gasteiger partial charge is 0.154 e. The Kier molecular flexibility index (Phi) is 3.17. The average molecular weight is 271 g/mol. The van der Waals surface area contributed by atoms with Gasteiger partial charge in [0.05, 0.1) is 12.8 Å². The first-order chi connectivity index (χ1) is 7.31. The summed E-state index contributed by atoms with van der Waals surface area (Å²) in [5.74, 6) is 0.804. The van der Waals surface area contributed by atoms with Gasteiger partial charge in [0, 0.05) is 13.7 Å². The van der Waals surface area contributed by atoms with Crippen molar-refractivity contribution in [2.24, 2.45) is 0 Å². The molecule has 0 saturated heterocycles. The van der Waals surface area contributed by atoms with Gasteiger partial charge in [-0.15, -0.1) is 5.10 Å². The highest BCUT2D eigenvalue weighted by Gasteiger charge is 2.01. The molecule has 0 aromatic carbocycles. The zero-order chi connectivity index (χ0) is 10.7. The van der Waals surface area contributed by atoms with Crippen LogP contribution < -0.4 is 5.32 Å². The van der Waals surface area contributed by atoms with Crippen LogP contribution >= 0.6 is 15.9 Å². The topological polar surface area (TPSA) is 51.5 Å². The van der Waals surface area contributed by atoms with Crippen LogP contribution in [0.4, 0.5) is 5.82 Å². The predicted octanol–water partition coefficient (Wildman–Crippen LogP) is 1.55. The number of anilines is 1. The van der Waals surface area contributed by atoms with Crippen molar-refractivity contribution in [3.8, 4) is 0 Å². The van der Waals surface area contributed by atoms with E-state index in [0.717, 1.165) is 22.6 Å². The van der Waals surface area contributed by atoms with Gasteiger partial charge in [0.2, 0.25) is 0 Å². The van der Waals surface area contributed by atoms with E-state index in [4.69, 9.17) is 4.74 Å². The number of rotatable bonds is 4. The zero-order valence-electron chi connectivity index (χ0n) is 8.27. The molecule has 0 aliphatic heterocycles. The van der Waals surface area contributed by atoms with Gasteiger partial charge in [0.1, 0.15) is 10.4 Å². The molecule has 2 aromatic heterocycles. The number of nitrogens with one attached hydrogen (secondary N) is 1. The maximum Gasteiger partial charge on any atom is 0.154 e. The van der Waals surface area contributed by atoms with E-state index < -0.39 is 0 Å². The summed E-state index contributed by atoms with van der Waals surface area (Å²) in [6.07, 6.45) is 1.72.